The van der Waals surface area contributed by atoms with Crippen molar-refractivity contribution < 1.29 is 32.6 Å². The molecular weight excluding hydrogens is 398 g/mol. The van der Waals surface area contributed by atoms with E-state index in [0.717, 1.165) is 4.90 Å². The van der Waals surface area contributed by atoms with Crippen molar-refractivity contribution in [1.82, 2.24) is 10.2 Å². The monoisotopic (exact) mass is 418 g/mol. The normalized spacial score (nSPS) is 18.5. The Balaban J connectivity index is 1.68. The van der Waals surface area contributed by atoms with Gasteiger partial charge in [0.25, 0.3) is 5.91 Å². The molecule has 1 atom stereocenters. The Morgan fingerprint density at radius 1 is 1.13 bits per heavy atom. The highest BCUT2D eigenvalue weighted by Crippen LogP contribution is 2.30. The number of Topliss-reactive ketones (excluding diaryl/α,β-unsaturated/α-hetero) is 1. The van der Waals surface area contributed by atoms with E-state index >= 15 is 0 Å². The molecule has 1 unspecified atom stereocenters. The number of amides is 3. The molecule has 3 amide bonds. The number of ketones is 1. The van der Waals surface area contributed by atoms with E-state index in [1.807, 2.05) is 0 Å². The van der Waals surface area contributed by atoms with Crippen LogP contribution in [0.2, 0.25) is 0 Å². The van der Waals surface area contributed by atoms with Crippen LogP contribution in [0.4, 0.5) is 13.6 Å². The van der Waals surface area contributed by atoms with E-state index < -0.39 is 24.1 Å². The van der Waals surface area contributed by atoms with Gasteiger partial charge in [0.1, 0.15) is 23.6 Å². The first-order valence-corrected chi connectivity index (χ1v) is 9.14. The summed E-state index contributed by atoms with van der Waals surface area (Å²) in [5.41, 5.74) is -0.518. The molecule has 0 aromatic heterocycles. The van der Waals surface area contributed by atoms with Crippen LogP contribution in [0.1, 0.15) is 29.8 Å². The minimum absolute atomic E-state index is 0.000694. The number of imide groups is 1. The van der Waals surface area contributed by atoms with Gasteiger partial charge < -0.3 is 14.8 Å². The van der Waals surface area contributed by atoms with Crippen molar-refractivity contribution >= 4 is 17.7 Å². The van der Waals surface area contributed by atoms with E-state index in [4.69, 9.17) is 4.74 Å². The highest BCUT2D eigenvalue weighted by molar-refractivity contribution is 6.07. The molecule has 0 aliphatic carbocycles. The first kappa shape index (κ1) is 21.2. The van der Waals surface area contributed by atoms with Gasteiger partial charge in [-0.25, -0.2) is 4.79 Å². The van der Waals surface area contributed by atoms with Gasteiger partial charge in [0.2, 0.25) is 0 Å². The third kappa shape index (κ3) is 4.24. The lowest BCUT2D eigenvalue weighted by atomic mass is 9.92. The van der Waals surface area contributed by atoms with Crippen molar-refractivity contribution in [3.63, 3.8) is 0 Å². The van der Waals surface area contributed by atoms with E-state index in [1.165, 1.54) is 38.1 Å². The maximum Gasteiger partial charge on any atom is 0.387 e. The molecule has 158 valence electrons. The molecular formula is C21H20F2N2O5. The fraction of sp³-hybridized carbons (Fsp3) is 0.286. The summed E-state index contributed by atoms with van der Waals surface area (Å²) in [5, 5.41) is 2.62. The third-order valence-electron chi connectivity index (χ3n) is 4.77. The second kappa shape index (κ2) is 8.48. The number of carbonyl (C=O) groups excluding carboxylic acids is 3. The number of alkyl halides is 2. The van der Waals surface area contributed by atoms with E-state index in [1.54, 1.807) is 24.3 Å². The topological polar surface area (TPSA) is 84.9 Å². The van der Waals surface area contributed by atoms with Gasteiger partial charge in [-0.2, -0.15) is 8.78 Å². The maximum atomic E-state index is 12.9. The van der Waals surface area contributed by atoms with Gasteiger partial charge in [-0.05, 0) is 43.7 Å². The molecule has 1 fully saturated rings. The van der Waals surface area contributed by atoms with E-state index in [0.29, 0.717) is 16.9 Å². The smallest absolute Gasteiger partial charge is 0.387 e. The number of urea groups is 1. The van der Waals surface area contributed by atoms with Gasteiger partial charge in [-0.3, -0.25) is 14.5 Å². The van der Waals surface area contributed by atoms with Crippen molar-refractivity contribution in [3.8, 4) is 11.5 Å². The van der Waals surface area contributed by atoms with Crippen LogP contribution in [0.25, 0.3) is 0 Å². The summed E-state index contributed by atoms with van der Waals surface area (Å²) in [6.45, 7) is -0.0345. The molecule has 1 heterocycles. The maximum absolute atomic E-state index is 12.9. The van der Waals surface area contributed by atoms with Crippen molar-refractivity contribution in [2.75, 3.05) is 13.2 Å². The molecule has 2 aromatic carbocycles. The Bertz CT molecular complexity index is 964. The molecule has 7 nitrogen and oxygen atoms in total. The van der Waals surface area contributed by atoms with Crippen LogP contribution in [0.3, 0.4) is 0 Å². The molecule has 3 rings (SSSR count). The second-order valence-corrected chi connectivity index (χ2v) is 6.82. The highest BCUT2D eigenvalue weighted by Gasteiger charge is 2.48. The molecule has 1 aliphatic rings. The standard InChI is InChI=1S/C21H20F2N2O5/c1-13(26)16-5-3-4-6-17(16)29-12-11-25-18(27)21(2,24-20(25)28)14-7-9-15(10-8-14)30-19(22)23/h3-10,19H,11-12H2,1-2H3,(H,24,28). The largest absolute Gasteiger partial charge is 0.491 e. The van der Waals surface area contributed by atoms with Crippen LogP contribution >= 0.6 is 0 Å². The minimum atomic E-state index is -2.96. The Kier molecular flexibility index (Phi) is 6.00. The zero-order valence-corrected chi connectivity index (χ0v) is 16.4. The Morgan fingerprint density at radius 2 is 1.80 bits per heavy atom. The molecule has 0 saturated carbocycles. The third-order valence-corrected chi connectivity index (χ3v) is 4.77. The fourth-order valence-corrected chi connectivity index (χ4v) is 3.20. The Hall–Kier alpha value is -3.49. The van der Waals surface area contributed by atoms with E-state index in [-0.39, 0.29) is 24.7 Å². The zero-order chi connectivity index (χ0) is 21.9. The summed E-state index contributed by atoms with van der Waals surface area (Å²) in [6, 6.07) is 11.6. The van der Waals surface area contributed by atoms with Crippen LogP contribution in [0.5, 0.6) is 11.5 Å². The number of nitrogens with zero attached hydrogens (tertiary/aromatic N) is 1. The van der Waals surface area contributed by atoms with Crippen LogP contribution < -0.4 is 14.8 Å². The number of halogens is 2. The molecule has 0 bridgehead atoms. The molecule has 0 spiro atoms. The summed E-state index contributed by atoms with van der Waals surface area (Å²) in [7, 11) is 0. The van der Waals surface area contributed by atoms with Gasteiger partial charge in [-0.1, -0.05) is 24.3 Å². The van der Waals surface area contributed by atoms with Gasteiger partial charge in [0.15, 0.2) is 5.78 Å². The molecule has 0 radical (unpaired) electrons. The Morgan fingerprint density at radius 3 is 2.43 bits per heavy atom. The van der Waals surface area contributed by atoms with Gasteiger partial charge in [0, 0.05) is 0 Å². The summed E-state index contributed by atoms with van der Waals surface area (Å²) >= 11 is 0. The van der Waals surface area contributed by atoms with Gasteiger partial charge >= 0.3 is 12.6 Å². The van der Waals surface area contributed by atoms with Crippen LogP contribution in [0, 0.1) is 0 Å². The van der Waals surface area contributed by atoms with Crippen molar-refractivity contribution in [3.05, 3.63) is 59.7 Å². The lowest BCUT2D eigenvalue weighted by molar-refractivity contribution is -0.131. The average molecular weight is 418 g/mol. The first-order chi connectivity index (χ1) is 14.2. The molecule has 1 saturated heterocycles. The first-order valence-electron chi connectivity index (χ1n) is 9.14. The van der Waals surface area contributed by atoms with Crippen LogP contribution in [-0.4, -0.2) is 42.4 Å². The lowest BCUT2D eigenvalue weighted by Crippen LogP contribution is -2.41. The van der Waals surface area contributed by atoms with Crippen LogP contribution in [0.15, 0.2) is 48.5 Å². The predicted molar refractivity (Wildman–Crippen MR) is 103 cm³/mol. The van der Waals surface area contributed by atoms with Crippen molar-refractivity contribution in [1.29, 1.82) is 0 Å². The molecule has 9 heteroatoms. The van der Waals surface area contributed by atoms with E-state index in [2.05, 4.69) is 10.1 Å². The number of hydrogen-bond donors (Lipinski definition) is 1. The van der Waals surface area contributed by atoms with Crippen LogP contribution in [-0.2, 0) is 10.3 Å². The zero-order valence-electron chi connectivity index (χ0n) is 16.4. The average Bonchev–Trinajstić information content (AvgIpc) is 2.92. The second-order valence-electron chi connectivity index (χ2n) is 6.82. The molecule has 1 N–H and O–H groups in total. The predicted octanol–water partition coefficient (Wildman–Crippen LogP) is 3.34. The number of nitrogens with one attached hydrogen (secondary N) is 1. The van der Waals surface area contributed by atoms with Gasteiger partial charge in [-0.15, -0.1) is 0 Å². The van der Waals surface area contributed by atoms with Crippen molar-refractivity contribution in [2.24, 2.45) is 0 Å². The summed E-state index contributed by atoms with van der Waals surface area (Å²) < 4.78 is 34.5. The van der Waals surface area contributed by atoms with Gasteiger partial charge in [0.05, 0.1) is 12.1 Å². The SMILES string of the molecule is CC(=O)c1ccccc1OCCN1C(=O)NC(C)(c2ccc(OC(F)F)cc2)C1=O. The fourth-order valence-electron chi connectivity index (χ4n) is 3.20. The number of rotatable bonds is 8. The van der Waals surface area contributed by atoms with Crippen molar-refractivity contribution in [2.45, 2.75) is 26.0 Å². The molecule has 2 aromatic rings. The molecule has 1 aliphatic heterocycles. The highest BCUT2D eigenvalue weighted by atomic mass is 19.3. The number of hydrogen-bond acceptors (Lipinski definition) is 5. The number of benzene rings is 2. The minimum Gasteiger partial charge on any atom is -0.491 e. The number of ether oxygens (including phenoxy) is 2. The summed E-state index contributed by atoms with van der Waals surface area (Å²) in [6.07, 6.45) is 0. The summed E-state index contributed by atoms with van der Waals surface area (Å²) in [4.78, 5) is 37.9. The summed E-state index contributed by atoms with van der Waals surface area (Å²) in [5.74, 6) is -0.344. The lowest BCUT2D eigenvalue weighted by Gasteiger charge is -2.22. The number of para-hydroxylation sites is 1. The quantitative estimate of drug-likeness (QED) is 0.525. The van der Waals surface area contributed by atoms with E-state index in [9.17, 15) is 23.2 Å². The Labute approximate surface area is 171 Å². The molecule has 30 heavy (non-hydrogen) atoms. The number of carbonyl (C=O) groups is 3.